The van der Waals surface area contributed by atoms with Gasteiger partial charge in [-0.3, -0.25) is 19.3 Å². The highest BCUT2D eigenvalue weighted by Crippen LogP contribution is 2.64. The van der Waals surface area contributed by atoms with Gasteiger partial charge in [0.2, 0.25) is 5.91 Å². The zero-order valence-electron chi connectivity index (χ0n) is 23.0. The molecule has 0 bridgehead atoms. The number of hydrogen-bond donors (Lipinski definition) is 2. The monoisotopic (exact) mass is 521 g/mol. The van der Waals surface area contributed by atoms with Crippen LogP contribution in [0.3, 0.4) is 0 Å². The molecule has 3 aromatic rings. The molecular formula is C32H35N5O2. The summed E-state index contributed by atoms with van der Waals surface area (Å²) in [7, 11) is 0. The van der Waals surface area contributed by atoms with E-state index in [-0.39, 0.29) is 29.2 Å². The lowest BCUT2D eigenvalue weighted by Crippen LogP contribution is -2.49. The summed E-state index contributed by atoms with van der Waals surface area (Å²) in [6, 6.07) is 17.3. The highest BCUT2D eigenvalue weighted by atomic mass is 16.2. The Kier molecular flexibility index (Phi) is 6.25. The number of anilines is 1. The first kappa shape index (κ1) is 25.3. The first-order chi connectivity index (χ1) is 18.8. The molecule has 2 aliphatic carbocycles. The Bertz CT molecular complexity index is 1510. The third-order valence-corrected chi connectivity index (χ3v) is 8.56. The Balaban J connectivity index is 1.30. The van der Waals surface area contributed by atoms with E-state index in [0.717, 1.165) is 37.1 Å². The van der Waals surface area contributed by atoms with Gasteiger partial charge in [0.15, 0.2) is 0 Å². The van der Waals surface area contributed by atoms with E-state index in [2.05, 4.69) is 45.8 Å². The van der Waals surface area contributed by atoms with E-state index in [9.17, 15) is 9.59 Å². The van der Waals surface area contributed by atoms with E-state index in [1.807, 2.05) is 51.1 Å². The van der Waals surface area contributed by atoms with Crippen molar-refractivity contribution >= 4 is 28.8 Å². The number of rotatable bonds is 7. The average Bonchev–Trinajstić information content (AvgIpc) is 3.24. The molecular weight excluding hydrogens is 486 g/mol. The van der Waals surface area contributed by atoms with Crippen molar-refractivity contribution < 1.29 is 9.59 Å². The van der Waals surface area contributed by atoms with Crippen molar-refractivity contribution in [2.75, 3.05) is 11.9 Å². The Morgan fingerprint density at radius 1 is 1.03 bits per heavy atom. The Morgan fingerprint density at radius 2 is 1.77 bits per heavy atom. The highest BCUT2D eigenvalue weighted by Gasteiger charge is 2.58. The molecule has 2 heterocycles. The lowest BCUT2D eigenvalue weighted by molar-refractivity contribution is -0.118. The van der Waals surface area contributed by atoms with E-state index < -0.39 is 6.04 Å². The van der Waals surface area contributed by atoms with Crippen molar-refractivity contribution in [2.24, 2.45) is 10.4 Å². The third-order valence-electron chi connectivity index (χ3n) is 8.56. The summed E-state index contributed by atoms with van der Waals surface area (Å²) in [6.07, 6.45) is 4.69. The fourth-order valence-corrected chi connectivity index (χ4v) is 6.52. The minimum absolute atomic E-state index is 0.0183. The summed E-state index contributed by atoms with van der Waals surface area (Å²) in [4.78, 5) is 32.1. The van der Waals surface area contributed by atoms with Crippen molar-refractivity contribution in [1.29, 1.82) is 0 Å². The van der Waals surface area contributed by atoms with Gasteiger partial charge in [0.25, 0.3) is 5.91 Å². The zero-order valence-corrected chi connectivity index (χ0v) is 23.0. The van der Waals surface area contributed by atoms with Gasteiger partial charge in [0.1, 0.15) is 11.7 Å². The van der Waals surface area contributed by atoms with Crippen molar-refractivity contribution in [2.45, 2.75) is 65.0 Å². The molecule has 1 fully saturated rings. The van der Waals surface area contributed by atoms with Crippen LogP contribution in [0.5, 0.6) is 0 Å². The van der Waals surface area contributed by atoms with Crippen molar-refractivity contribution in [1.82, 2.24) is 15.1 Å². The Labute approximate surface area is 229 Å². The van der Waals surface area contributed by atoms with Crippen LogP contribution in [0.15, 0.2) is 71.4 Å². The standard InChI is InChI=1S/C32H35N5O2/c1-19(2)37-26(13-16-34-37)30(38)36-29(28-25-8-6-5-7-23(25)17-32(28)14-15-32)31(39)35-24-11-9-22(10-12-24)27-20(3)18-33-21(27)4/h5-13,16,19,28-29H,14-15,17-18H2,1-4H3,(H,35,39)(H,36,38)/t28?,29-/m0/s1. The van der Waals surface area contributed by atoms with E-state index in [0.29, 0.717) is 11.4 Å². The molecule has 2 N–H and O–H groups in total. The average molecular weight is 522 g/mol. The third kappa shape index (κ3) is 4.50. The predicted octanol–water partition coefficient (Wildman–Crippen LogP) is 5.57. The van der Waals surface area contributed by atoms with Crippen LogP contribution in [0.2, 0.25) is 0 Å². The highest BCUT2D eigenvalue weighted by molar-refractivity contribution is 6.25. The first-order valence-electron chi connectivity index (χ1n) is 13.8. The lowest BCUT2D eigenvalue weighted by atomic mass is 9.82. The largest absolute Gasteiger partial charge is 0.338 e. The Hall–Kier alpha value is -4.00. The van der Waals surface area contributed by atoms with E-state index in [1.165, 1.54) is 22.3 Å². The van der Waals surface area contributed by atoms with Crippen LogP contribution in [0.4, 0.5) is 5.69 Å². The molecule has 1 aliphatic heterocycles. The van der Waals surface area contributed by atoms with Gasteiger partial charge in [-0.15, -0.1) is 0 Å². The van der Waals surface area contributed by atoms with Crippen molar-refractivity contribution in [3.63, 3.8) is 0 Å². The second-order valence-corrected chi connectivity index (χ2v) is 11.5. The number of amides is 2. The number of aromatic nitrogens is 2. The number of carbonyl (C=O) groups excluding carboxylic acids is 2. The number of carbonyl (C=O) groups is 2. The van der Waals surface area contributed by atoms with Crippen LogP contribution in [0.1, 0.15) is 79.7 Å². The SMILES string of the molecule is CC1=NCC(C)=C1c1ccc(NC(=O)[C@@H](NC(=O)c2ccnn2C(C)C)C2c3ccccc3CC23CC3)cc1. The molecule has 2 atom stereocenters. The quantitative estimate of drug-likeness (QED) is 0.426. The van der Waals surface area contributed by atoms with Crippen LogP contribution >= 0.6 is 0 Å². The number of fused-ring (bicyclic) bond motifs is 1. The minimum Gasteiger partial charge on any atom is -0.338 e. The summed E-state index contributed by atoms with van der Waals surface area (Å²) in [5, 5.41) is 10.6. The molecule has 1 saturated carbocycles. The topological polar surface area (TPSA) is 88.4 Å². The fourth-order valence-electron chi connectivity index (χ4n) is 6.52. The molecule has 7 heteroatoms. The second kappa shape index (κ2) is 9.63. The number of benzene rings is 2. The van der Waals surface area contributed by atoms with Crippen molar-refractivity contribution in [3.8, 4) is 0 Å². The smallest absolute Gasteiger partial charge is 0.270 e. The molecule has 200 valence electrons. The van der Waals surface area contributed by atoms with Crippen LogP contribution in [0.25, 0.3) is 5.57 Å². The normalized spacial score (nSPS) is 19.7. The van der Waals surface area contributed by atoms with Gasteiger partial charge in [0, 0.05) is 35.1 Å². The van der Waals surface area contributed by atoms with Gasteiger partial charge >= 0.3 is 0 Å². The summed E-state index contributed by atoms with van der Waals surface area (Å²) in [5.74, 6) is -0.568. The Morgan fingerprint density at radius 3 is 2.44 bits per heavy atom. The number of aliphatic imine (C=N–C) groups is 1. The number of hydrogen-bond acceptors (Lipinski definition) is 4. The summed E-state index contributed by atoms with van der Waals surface area (Å²) in [6.45, 7) is 8.85. The maximum atomic E-state index is 14.0. The van der Waals surface area contributed by atoms with Crippen LogP contribution in [-0.2, 0) is 11.2 Å². The van der Waals surface area contributed by atoms with Gasteiger partial charge in [-0.05, 0) is 92.8 Å². The van der Waals surface area contributed by atoms with E-state index >= 15 is 0 Å². The number of nitrogens with zero attached hydrogens (tertiary/aromatic N) is 3. The van der Waals surface area contributed by atoms with E-state index in [1.54, 1.807) is 16.9 Å². The maximum Gasteiger partial charge on any atom is 0.270 e. The lowest BCUT2D eigenvalue weighted by Gasteiger charge is -2.30. The number of nitrogens with one attached hydrogen (secondary N) is 2. The summed E-state index contributed by atoms with van der Waals surface area (Å²) in [5.41, 5.74) is 8.20. The molecule has 0 radical (unpaired) electrons. The van der Waals surface area contributed by atoms with Crippen LogP contribution < -0.4 is 10.6 Å². The van der Waals surface area contributed by atoms with E-state index in [4.69, 9.17) is 0 Å². The van der Waals surface area contributed by atoms with Gasteiger partial charge in [-0.1, -0.05) is 36.4 Å². The molecule has 6 rings (SSSR count). The molecule has 1 aromatic heterocycles. The number of allylic oxidation sites excluding steroid dienone is 1. The minimum atomic E-state index is -0.715. The molecule has 1 unspecified atom stereocenters. The van der Waals surface area contributed by atoms with Gasteiger partial charge in [0.05, 0.1) is 6.54 Å². The summed E-state index contributed by atoms with van der Waals surface area (Å²) < 4.78 is 1.70. The van der Waals surface area contributed by atoms with Crippen LogP contribution in [0, 0.1) is 5.41 Å². The predicted molar refractivity (Wildman–Crippen MR) is 154 cm³/mol. The van der Waals surface area contributed by atoms with Gasteiger partial charge < -0.3 is 10.6 Å². The van der Waals surface area contributed by atoms with Crippen molar-refractivity contribution in [3.05, 3.63) is 88.8 Å². The van der Waals surface area contributed by atoms with Gasteiger partial charge in [-0.25, -0.2) is 0 Å². The zero-order chi connectivity index (χ0) is 27.3. The second-order valence-electron chi connectivity index (χ2n) is 11.5. The maximum absolute atomic E-state index is 14.0. The molecule has 3 aliphatic rings. The summed E-state index contributed by atoms with van der Waals surface area (Å²) >= 11 is 0. The van der Waals surface area contributed by atoms with Gasteiger partial charge in [-0.2, -0.15) is 5.10 Å². The fraction of sp³-hybridized carbons (Fsp3) is 0.375. The molecule has 2 aromatic carbocycles. The van der Waals surface area contributed by atoms with Crippen LogP contribution in [-0.4, -0.2) is 39.9 Å². The molecule has 1 spiro atoms. The molecule has 7 nitrogen and oxygen atoms in total. The molecule has 0 saturated heterocycles. The molecule has 39 heavy (non-hydrogen) atoms. The first-order valence-corrected chi connectivity index (χ1v) is 13.8. The molecule has 2 amide bonds.